The lowest BCUT2D eigenvalue weighted by Crippen LogP contribution is -2.28. The van der Waals surface area contributed by atoms with E-state index >= 15 is 0 Å². The highest BCUT2D eigenvalue weighted by Gasteiger charge is 2.31. The van der Waals surface area contributed by atoms with Gasteiger partial charge < -0.3 is 5.11 Å². The van der Waals surface area contributed by atoms with Gasteiger partial charge in [-0.25, -0.2) is 4.90 Å². The Labute approximate surface area is 167 Å². The number of imide groups is 1. The summed E-state index contributed by atoms with van der Waals surface area (Å²) in [5, 5.41) is 14.7. The lowest BCUT2D eigenvalue weighted by molar-refractivity contribution is -0.137. The van der Waals surface area contributed by atoms with Gasteiger partial charge in [0.1, 0.15) is 0 Å². The summed E-state index contributed by atoms with van der Waals surface area (Å²) in [5.41, 5.74) is 0.711. The van der Waals surface area contributed by atoms with Crippen molar-refractivity contribution in [2.24, 2.45) is 0 Å². The standard InChI is InChI=1S/C20H13NO2.C4H8O2/c22-17-10-11-18(23)21(17)16-9-7-14-5-4-12-2-1-3-13-6-8-15(16)20(14)19(12)13;1-2-3-4(5)6/h1-9H,10-11H2;2-3H2,1H3,(H,5,6). The van der Waals surface area contributed by atoms with Crippen molar-refractivity contribution in [3.05, 3.63) is 54.6 Å². The molecule has 0 spiro atoms. The third kappa shape index (κ3) is 3.29. The minimum Gasteiger partial charge on any atom is -0.481 e. The first-order valence-electron chi connectivity index (χ1n) is 9.75. The van der Waals surface area contributed by atoms with Crippen molar-refractivity contribution in [2.45, 2.75) is 32.6 Å². The fourth-order valence-electron chi connectivity index (χ4n) is 3.97. The number of amides is 2. The van der Waals surface area contributed by atoms with E-state index in [4.69, 9.17) is 5.11 Å². The van der Waals surface area contributed by atoms with Crippen LogP contribution >= 0.6 is 0 Å². The molecule has 0 atom stereocenters. The normalized spacial score (nSPS) is 14.0. The summed E-state index contributed by atoms with van der Waals surface area (Å²) in [7, 11) is 0. The van der Waals surface area contributed by atoms with Gasteiger partial charge in [0.05, 0.1) is 5.69 Å². The average molecular weight is 387 g/mol. The Bertz CT molecular complexity index is 1210. The number of carboxylic acid groups (broad SMARTS) is 1. The second-order valence-electron chi connectivity index (χ2n) is 7.21. The third-order valence-electron chi connectivity index (χ3n) is 5.26. The van der Waals surface area contributed by atoms with E-state index < -0.39 is 5.97 Å². The van der Waals surface area contributed by atoms with Crippen molar-refractivity contribution in [3.63, 3.8) is 0 Å². The molecule has 0 saturated carbocycles. The molecule has 1 N–H and O–H groups in total. The number of aliphatic carboxylic acids is 1. The van der Waals surface area contributed by atoms with Gasteiger partial charge in [-0.3, -0.25) is 14.4 Å². The van der Waals surface area contributed by atoms with Crippen LogP contribution < -0.4 is 4.90 Å². The zero-order valence-electron chi connectivity index (χ0n) is 16.1. The molecule has 1 heterocycles. The topological polar surface area (TPSA) is 74.7 Å². The van der Waals surface area contributed by atoms with Crippen molar-refractivity contribution in [2.75, 3.05) is 4.90 Å². The largest absolute Gasteiger partial charge is 0.481 e. The highest BCUT2D eigenvalue weighted by atomic mass is 16.4. The van der Waals surface area contributed by atoms with Gasteiger partial charge >= 0.3 is 5.97 Å². The van der Waals surface area contributed by atoms with Crippen LogP contribution in [0, 0.1) is 0 Å². The predicted molar refractivity (Wildman–Crippen MR) is 114 cm³/mol. The van der Waals surface area contributed by atoms with E-state index in [0.29, 0.717) is 24.9 Å². The van der Waals surface area contributed by atoms with Crippen LogP contribution in [0.5, 0.6) is 0 Å². The van der Waals surface area contributed by atoms with Gasteiger partial charge in [0.15, 0.2) is 0 Å². The first kappa shape index (κ1) is 18.9. The Hall–Kier alpha value is -3.47. The Morgan fingerprint density at radius 3 is 1.97 bits per heavy atom. The molecular weight excluding hydrogens is 366 g/mol. The predicted octanol–water partition coefficient (Wildman–Crippen LogP) is 5.11. The van der Waals surface area contributed by atoms with Crippen molar-refractivity contribution in [1.82, 2.24) is 0 Å². The monoisotopic (exact) mass is 387 g/mol. The molecule has 5 heteroatoms. The van der Waals surface area contributed by atoms with E-state index in [2.05, 4.69) is 36.4 Å². The zero-order chi connectivity index (χ0) is 20.5. The molecule has 4 aromatic rings. The number of hydrogen-bond acceptors (Lipinski definition) is 3. The number of benzene rings is 4. The SMILES string of the molecule is CCCC(=O)O.O=C1CCC(=O)N1c1ccc2ccc3cccc4ccc1c2c34. The molecule has 2 amide bonds. The van der Waals surface area contributed by atoms with E-state index in [9.17, 15) is 14.4 Å². The van der Waals surface area contributed by atoms with Crippen LogP contribution in [0.4, 0.5) is 5.69 Å². The van der Waals surface area contributed by atoms with Crippen LogP contribution in [0.25, 0.3) is 32.3 Å². The quantitative estimate of drug-likeness (QED) is 0.392. The fourth-order valence-corrected chi connectivity index (χ4v) is 3.97. The maximum atomic E-state index is 12.1. The fraction of sp³-hybridized carbons (Fsp3) is 0.208. The number of carboxylic acids is 1. The summed E-state index contributed by atoms with van der Waals surface area (Å²) < 4.78 is 0. The van der Waals surface area contributed by atoms with Crippen molar-refractivity contribution in [1.29, 1.82) is 0 Å². The Morgan fingerprint density at radius 1 is 0.862 bits per heavy atom. The molecule has 5 rings (SSSR count). The second kappa shape index (κ2) is 7.51. The van der Waals surface area contributed by atoms with Gasteiger partial charge in [0, 0.05) is 24.6 Å². The van der Waals surface area contributed by atoms with E-state index in [1.807, 2.05) is 25.1 Å². The molecule has 1 aliphatic heterocycles. The van der Waals surface area contributed by atoms with Crippen LogP contribution in [0.2, 0.25) is 0 Å². The van der Waals surface area contributed by atoms with Crippen molar-refractivity contribution in [3.8, 4) is 0 Å². The smallest absolute Gasteiger partial charge is 0.303 e. The van der Waals surface area contributed by atoms with Crippen molar-refractivity contribution < 1.29 is 19.5 Å². The highest BCUT2D eigenvalue weighted by molar-refractivity contribution is 6.29. The van der Waals surface area contributed by atoms with Gasteiger partial charge in [-0.15, -0.1) is 0 Å². The van der Waals surface area contributed by atoms with E-state index in [1.165, 1.54) is 21.1 Å². The number of rotatable bonds is 3. The summed E-state index contributed by atoms with van der Waals surface area (Å²) >= 11 is 0. The maximum Gasteiger partial charge on any atom is 0.303 e. The molecular formula is C24H21NO4. The zero-order valence-corrected chi connectivity index (χ0v) is 16.1. The second-order valence-corrected chi connectivity index (χ2v) is 7.21. The van der Waals surface area contributed by atoms with Crippen LogP contribution in [0.1, 0.15) is 32.6 Å². The molecule has 0 aliphatic carbocycles. The minimum atomic E-state index is -0.711. The number of carbonyl (C=O) groups excluding carboxylic acids is 2. The Balaban J connectivity index is 0.000000302. The third-order valence-corrected chi connectivity index (χ3v) is 5.26. The first-order valence-corrected chi connectivity index (χ1v) is 9.75. The summed E-state index contributed by atoms with van der Waals surface area (Å²) in [6, 6.07) is 18.5. The molecule has 0 aromatic heterocycles. The van der Waals surface area contributed by atoms with Gasteiger partial charge in [-0.1, -0.05) is 55.5 Å². The van der Waals surface area contributed by atoms with Gasteiger partial charge in [-0.05, 0) is 39.4 Å². The van der Waals surface area contributed by atoms with Crippen molar-refractivity contribution >= 4 is 55.8 Å². The first-order chi connectivity index (χ1) is 14.0. The molecule has 1 aliphatic rings. The summed E-state index contributed by atoms with van der Waals surface area (Å²) in [5.74, 6) is -0.924. The van der Waals surface area contributed by atoms with Gasteiger partial charge in [-0.2, -0.15) is 0 Å². The van der Waals surface area contributed by atoms with Gasteiger partial charge in [0.2, 0.25) is 11.8 Å². The summed E-state index contributed by atoms with van der Waals surface area (Å²) in [4.78, 5) is 35.3. The van der Waals surface area contributed by atoms with Gasteiger partial charge in [0.25, 0.3) is 0 Å². The number of carbonyl (C=O) groups is 3. The minimum absolute atomic E-state index is 0.106. The molecule has 0 unspecified atom stereocenters. The highest BCUT2D eigenvalue weighted by Crippen LogP contribution is 2.39. The van der Waals surface area contributed by atoms with E-state index in [1.54, 1.807) is 0 Å². The van der Waals surface area contributed by atoms with E-state index in [-0.39, 0.29) is 11.8 Å². The summed E-state index contributed by atoms with van der Waals surface area (Å²) in [6.07, 6.45) is 1.64. The van der Waals surface area contributed by atoms with E-state index in [0.717, 1.165) is 22.6 Å². The molecule has 1 fully saturated rings. The molecule has 29 heavy (non-hydrogen) atoms. The number of hydrogen-bond donors (Lipinski definition) is 1. The molecule has 0 radical (unpaired) electrons. The van der Waals surface area contributed by atoms with Crippen LogP contribution in [0.3, 0.4) is 0 Å². The molecule has 4 aromatic carbocycles. The maximum absolute atomic E-state index is 12.1. The number of anilines is 1. The molecule has 146 valence electrons. The lowest BCUT2D eigenvalue weighted by Gasteiger charge is -2.19. The van der Waals surface area contributed by atoms with Crippen LogP contribution in [0.15, 0.2) is 54.6 Å². The number of nitrogens with zero attached hydrogens (tertiary/aromatic N) is 1. The summed E-state index contributed by atoms with van der Waals surface area (Å²) in [6.45, 7) is 1.84. The molecule has 1 saturated heterocycles. The van der Waals surface area contributed by atoms with Crippen LogP contribution in [-0.2, 0) is 14.4 Å². The molecule has 5 nitrogen and oxygen atoms in total. The molecule has 0 bridgehead atoms. The average Bonchev–Trinajstić information content (AvgIpc) is 3.04. The Morgan fingerprint density at radius 2 is 1.41 bits per heavy atom. The van der Waals surface area contributed by atoms with Crippen LogP contribution in [-0.4, -0.2) is 22.9 Å². The lowest BCUT2D eigenvalue weighted by atomic mass is 9.93. The Kier molecular flexibility index (Phi) is 4.89.